The topological polar surface area (TPSA) is 54.5 Å². The fourth-order valence-electron chi connectivity index (χ4n) is 4.13. The van der Waals surface area contributed by atoms with Crippen molar-refractivity contribution >= 4 is 15.7 Å². The maximum absolute atomic E-state index is 13.3. The fraction of sp³-hybridized carbons (Fsp3) is 0.611. The number of amides is 1. The zero-order valence-electron chi connectivity index (χ0n) is 14.2. The third-order valence-corrected chi connectivity index (χ3v) is 7.03. The average molecular weight is 353 g/mol. The van der Waals surface area contributed by atoms with Gasteiger partial charge >= 0.3 is 0 Å². The zero-order valence-corrected chi connectivity index (χ0v) is 15.0. The lowest BCUT2D eigenvalue weighted by Gasteiger charge is -2.38. The first-order valence-electron chi connectivity index (χ1n) is 8.51. The van der Waals surface area contributed by atoms with Gasteiger partial charge in [0.2, 0.25) is 5.91 Å². The second kappa shape index (κ2) is 6.47. The molecule has 1 amide bonds. The minimum Gasteiger partial charge on any atom is -0.337 e. The first-order chi connectivity index (χ1) is 11.3. The zero-order chi connectivity index (χ0) is 17.5. The van der Waals surface area contributed by atoms with Gasteiger partial charge in [0.25, 0.3) is 0 Å². The molecule has 2 fully saturated rings. The van der Waals surface area contributed by atoms with Crippen LogP contribution in [0.5, 0.6) is 0 Å². The normalized spacial score (nSPS) is 26.6. The van der Waals surface area contributed by atoms with Crippen molar-refractivity contribution in [1.82, 2.24) is 4.90 Å². The van der Waals surface area contributed by atoms with Crippen molar-refractivity contribution in [2.24, 2.45) is 0 Å². The van der Waals surface area contributed by atoms with E-state index < -0.39 is 9.84 Å². The lowest BCUT2D eigenvalue weighted by atomic mass is 10.0. The summed E-state index contributed by atoms with van der Waals surface area (Å²) in [4.78, 5) is 14.6. The molecule has 0 radical (unpaired) electrons. The highest BCUT2D eigenvalue weighted by Crippen LogP contribution is 2.38. The summed E-state index contributed by atoms with van der Waals surface area (Å²) < 4.78 is 36.9. The van der Waals surface area contributed by atoms with Crippen LogP contribution in [-0.2, 0) is 21.1 Å². The summed E-state index contributed by atoms with van der Waals surface area (Å²) in [6.07, 6.45) is 5.21. The van der Waals surface area contributed by atoms with Crippen LogP contribution in [0.2, 0.25) is 0 Å². The Morgan fingerprint density at radius 1 is 1.25 bits per heavy atom. The summed E-state index contributed by atoms with van der Waals surface area (Å²) >= 11 is 0. The van der Waals surface area contributed by atoms with Crippen LogP contribution in [0.15, 0.2) is 18.2 Å². The Morgan fingerprint density at radius 2 is 1.88 bits per heavy atom. The van der Waals surface area contributed by atoms with Crippen molar-refractivity contribution < 1.29 is 17.6 Å². The van der Waals surface area contributed by atoms with Crippen molar-refractivity contribution in [2.75, 3.05) is 6.26 Å². The number of carbonyl (C=O) groups is 1. The highest BCUT2D eigenvalue weighted by Gasteiger charge is 2.45. The third-order valence-electron chi connectivity index (χ3n) is 5.43. The van der Waals surface area contributed by atoms with E-state index in [-0.39, 0.29) is 29.1 Å². The van der Waals surface area contributed by atoms with E-state index in [9.17, 15) is 17.6 Å². The van der Waals surface area contributed by atoms with Gasteiger partial charge in [-0.25, -0.2) is 12.8 Å². The largest absolute Gasteiger partial charge is 0.337 e. The van der Waals surface area contributed by atoms with Gasteiger partial charge in [-0.2, -0.15) is 0 Å². The van der Waals surface area contributed by atoms with Crippen molar-refractivity contribution in [1.29, 1.82) is 0 Å². The minimum absolute atomic E-state index is 0.0610. The SMILES string of the molecule is Cc1cc(CCC(=O)N2C3CCC2CC(S(C)(=O)=O)C3)ccc1F. The maximum Gasteiger partial charge on any atom is 0.223 e. The molecule has 6 heteroatoms. The van der Waals surface area contributed by atoms with E-state index in [1.54, 1.807) is 19.1 Å². The van der Waals surface area contributed by atoms with Crippen LogP contribution in [0.4, 0.5) is 4.39 Å². The molecule has 0 saturated carbocycles. The summed E-state index contributed by atoms with van der Waals surface area (Å²) in [7, 11) is -3.04. The van der Waals surface area contributed by atoms with Gasteiger partial charge in [0.05, 0.1) is 5.25 Å². The molecule has 0 N–H and O–H groups in total. The molecule has 2 saturated heterocycles. The molecule has 24 heavy (non-hydrogen) atoms. The Bertz CT molecular complexity index is 733. The number of hydrogen-bond acceptors (Lipinski definition) is 3. The molecular weight excluding hydrogens is 329 g/mol. The predicted octanol–water partition coefficient (Wildman–Crippen LogP) is 2.63. The fourth-order valence-corrected chi connectivity index (χ4v) is 5.27. The average Bonchev–Trinajstić information content (AvgIpc) is 2.77. The van der Waals surface area contributed by atoms with Crippen LogP contribution in [-0.4, -0.2) is 42.8 Å². The van der Waals surface area contributed by atoms with E-state index in [1.807, 2.05) is 4.90 Å². The number of hydrogen-bond donors (Lipinski definition) is 0. The summed E-state index contributed by atoms with van der Waals surface area (Å²) in [5, 5.41) is -0.307. The monoisotopic (exact) mass is 353 g/mol. The second-order valence-corrected chi connectivity index (χ2v) is 9.52. The Kier molecular flexibility index (Phi) is 4.69. The van der Waals surface area contributed by atoms with Gasteiger partial charge in [0, 0.05) is 24.8 Å². The molecule has 132 valence electrons. The molecule has 3 rings (SSSR count). The number of nitrogens with zero attached hydrogens (tertiary/aromatic N) is 1. The number of sulfone groups is 1. The lowest BCUT2D eigenvalue weighted by molar-refractivity contribution is -0.135. The molecule has 2 atom stereocenters. The molecule has 2 bridgehead atoms. The number of rotatable bonds is 4. The third kappa shape index (κ3) is 3.48. The van der Waals surface area contributed by atoms with Crippen LogP contribution >= 0.6 is 0 Å². The molecule has 0 spiro atoms. The molecule has 2 aliphatic rings. The highest BCUT2D eigenvalue weighted by molar-refractivity contribution is 7.91. The minimum atomic E-state index is -3.04. The van der Waals surface area contributed by atoms with E-state index in [0.29, 0.717) is 31.2 Å². The number of carbonyl (C=O) groups excluding carboxylic acids is 1. The molecule has 1 aromatic rings. The first-order valence-corrected chi connectivity index (χ1v) is 10.5. The van der Waals surface area contributed by atoms with Crippen LogP contribution < -0.4 is 0 Å². The predicted molar refractivity (Wildman–Crippen MR) is 91.0 cm³/mol. The Balaban J connectivity index is 1.63. The van der Waals surface area contributed by atoms with E-state index >= 15 is 0 Å². The van der Waals surface area contributed by atoms with Crippen molar-refractivity contribution in [3.63, 3.8) is 0 Å². The van der Waals surface area contributed by atoms with E-state index in [1.165, 1.54) is 12.3 Å². The van der Waals surface area contributed by atoms with Crippen LogP contribution in [0.3, 0.4) is 0 Å². The van der Waals surface area contributed by atoms with E-state index in [4.69, 9.17) is 0 Å². The van der Waals surface area contributed by atoms with Gasteiger partial charge in [0.1, 0.15) is 15.7 Å². The van der Waals surface area contributed by atoms with Gasteiger partial charge in [-0.05, 0) is 56.2 Å². The highest BCUT2D eigenvalue weighted by atomic mass is 32.2. The number of fused-ring (bicyclic) bond motifs is 2. The number of piperidine rings is 1. The Hall–Kier alpha value is -1.43. The smallest absolute Gasteiger partial charge is 0.223 e. The quantitative estimate of drug-likeness (QED) is 0.836. The molecule has 2 aliphatic heterocycles. The van der Waals surface area contributed by atoms with Crippen molar-refractivity contribution in [3.05, 3.63) is 35.1 Å². The summed E-state index contributed by atoms with van der Waals surface area (Å²) in [6, 6.07) is 5.07. The van der Waals surface area contributed by atoms with Gasteiger partial charge < -0.3 is 4.90 Å². The van der Waals surface area contributed by atoms with Crippen molar-refractivity contribution in [3.8, 4) is 0 Å². The Morgan fingerprint density at radius 3 is 2.42 bits per heavy atom. The van der Waals surface area contributed by atoms with Gasteiger partial charge in [-0.3, -0.25) is 4.79 Å². The molecular formula is C18H24FNO3S. The lowest BCUT2D eigenvalue weighted by Crippen LogP contribution is -2.49. The van der Waals surface area contributed by atoms with Crippen LogP contribution in [0.25, 0.3) is 0 Å². The standard InChI is InChI=1S/C18H24FNO3S/c1-12-9-13(3-7-17(12)19)4-8-18(21)20-14-5-6-15(20)11-16(10-14)24(2,22)23/h3,7,9,14-16H,4-6,8,10-11H2,1-2H3. The van der Waals surface area contributed by atoms with Crippen molar-refractivity contribution in [2.45, 2.75) is 62.8 Å². The maximum atomic E-state index is 13.3. The van der Waals surface area contributed by atoms with E-state index in [0.717, 1.165) is 18.4 Å². The summed E-state index contributed by atoms with van der Waals surface area (Å²) in [5.41, 5.74) is 1.55. The molecule has 2 heterocycles. The molecule has 0 aromatic heterocycles. The van der Waals surface area contributed by atoms with Gasteiger partial charge in [-0.15, -0.1) is 0 Å². The van der Waals surface area contributed by atoms with E-state index in [2.05, 4.69) is 0 Å². The summed E-state index contributed by atoms with van der Waals surface area (Å²) in [6.45, 7) is 1.72. The first kappa shape index (κ1) is 17.4. The molecule has 4 nitrogen and oxygen atoms in total. The number of benzene rings is 1. The van der Waals surface area contributed by atoms with Gasteiger partial charge in [0.15, 0.2) is 0 Å². The Labute approximate surface area is 143 Å². The number of halogens is 1. The molecule has 1 aromatic carbocycles. The molecule has 2 unspecified atom stereocenters. The van der Waals surface area contributed by atoms with Gasteiger partial charge in [-0.1, -0.05) is 12.1 Å². The summed E-state index contributed by atoms with van der Waals surface area (Å²) in [5.74, 6) is -0.137. The second-order valence-electron chi connectivity index (χ2n) is 7.19. The molecule has 0 aliphatic carbocycles. The van der Waals surface area contributed by atoms with Crippen LogP contribution in [0.1, 0.15) is 43.2 Å². The number of aryl methyl sites for hydroxylation is 2. The van der Waals surface area contributed by atoms with Crippen LogP contribution in [0, 0.1) is 12.7 Å².